The summed E-state index contributed by atoms with van der Waals surface area (Å²) in [7, 11) is 0. The lowest BCUT2D eigenvalue weighted by molar-refractivity contribution is -0.112. The number of anilines is 1. The van der Waals surface area contributed by atoms with Crippen LogP contribution in [0, 0.1) is 11.3 Å². The number of hydrogen-bond donors (Lipinski definition) is 1. The fourth-order valence-corrected chi connectivity index (χ4v) is 3.14. The van der Waals surface area contributed by atoms with E-state index in [1.54, 1.807) is 30.3 Å². The van der Waals surface area contributed by atoms with E-state index in [9.17, 15) is 10.1 Å². The van der Waals surface area contributed by atoms with Crippen LogP contribution in [0.15, 0.2) is 72.3 Å². The van der Waals surface area contributed by atoms with Gasteiger partial charge in [-0.3, -0.25) is 4.79 Å². The molecule has 0 aromatic heterocycles. The number of hydrogen-bond acceptors (Lipinski definition) is 3. The first-order valence-electron chi connectivity index (χ1n) is 8.81. The summed E-state index contributed by atoms with van der Waals surface area (Å²) in [6.07, 6.45) is 1.43. The molecule has 3 rings (SSSR count). The molecule has 4 nitrogen and oxygen atoms in total. The van der Waals surface area contributed by atoms with Gasteiger partial charge < -0.3 is 10.1 Å². The van der Waals surface area contributed by atoms with Crippen molar-refractivity contribution in [3.8, 4) is 11.8 Å². The third-order valence-corrected chi connectivity index (χ3v) is 4.91. The number of amides is 1. The van der Waals surface area contributed by atoms with Crippen LogP contribution in [0.2, 0.25) is 15.1 Å². The quantitative estimate of drug-likeness (QED) is 0.328. The van der Waals surface area contributed by atoms with E-state index >= 15 is 0 Å². The highest BCUT2D eigenvalue weighted by atomic mass is 35.5. The van der Waals surface area contributed by atoms with Crippen LogP contribution in [-0.2, 0) is 11.4 Å². The maximum Gasteiger partial charge on any atom is 0.266 e. The molecule has 3 aromatic carbocycles. The largest absolute Gasteiger partial charge is 0.487 e. The Morgan fingerprint density at radius 2 is 1.77 bits per heavy atom. The number of nitrogens with zero attached hydrogens (tertiary/aromatic N) is 1. The van der Waals surface area contributed by atoms with Crippen molar-refractivity contribution >= 4 is 52.5 Å². The van der Waals surface area contributed by atoms with E-state index in [1.807, 2.05) is 36.4 Å². The molecule has 0 aliphatic heterocycles. The molecule has 150 valence electrons. The second-order valence-corrected chi connectivity index (χ2v) is 7.46. The standard InChI is InChI=1S/C23H15Cl3N2O2/c24-18-7-8-19(25)21(12-18)28-23(29)17(13-27)10-16-6-9-22(20(26)11-16)30-14-15-4-2-1-3-5-15/h1-12H,14H2,(H,28,29)/b17-10+. The summed E-state index contributed by atoms with van der Waals surface area (Å²) in [5, 5.41) is 13.1. The molecule has 0 aliphatic rings. The molecular formula is C23H15Cl3N2O2. The molecule has 0 bridgehead atoms. The topological polar surface area (TPSA) is 62.1 Å². The van der Waals surface area contributed by atoms with E-state index in [1.165, 1.54) is 12.1 Å². The molecular weight excluding hydrogens is 443 g/mol. The van der Waals surface area contributed by atoms with Crippen LogP contribution in [0.25, 0.3) is 6.08 Å². The van der Waals surface area contributed by atoms with E-state index in [0.29, 0.717) is 38.7 Å². The number of carbonyl (C=O) groups excluding carboxylic acids is 1. The van der Waals surface area contributed by atoms with E-state index < -0.39 is 5.91 Å². The summed E-state index contributed by atoms with van der Waals surface area (Å²) < 4.78 is 5.74. The molecule has 0 aliphatic carbocycles. The molecule has 3 aromatic rings. The highest BCUT2D eigenvalue weighted by molar-refractivity contribution is 6.36. The van der Waals surface area contributed by atoms with E-state index in [0.717, 1.165) is 5.56 Å². The Kier molecular flexibility index (Phi) is 7.37. The van der Waals surface area contributed by atoms with Crippen molar-refractivity contribution < 1.29 is 9.53 Å². The van der Waals surface area contributed by atoms with Gasteiger partial charge in [0.25, 0.3) is 5.91 Å². The van der Waals surface area contributed by atoms with Gasteiger partial charge in [-0.2, -0.15) is 5.26 Å². The highest BCUT2D eigenvalue weighted by Gasteiger charge is 2.13. The minimum atomic E-state index is -0.609. The molecule has 0 saturated heterocycles. The van der Waals surface area contributed by atoms with Crippen molar-refractivity contribution in [3.05, 3.63) is 98.5 Å². The number of ether oxygens (including phenoxy) is 1. The SMILES string of the molecule is N#C/C(=C\c1ccc(OCc2ccccc2)c(Cl)c1)C(=O)Nc1cc(Cl)ccc1Cl. The molecule has 0 unspecified atom stereocenters. The van der Waals surface area contributed by atoms with Crippen LogP contribution in [-0.4, -0.2) is 5.91 Å². The predicted molar refractivity (Wildman–Crippen MR) is 121 cm³/mol. The fourth-order valence-electron chi connectivity index (χ4n) is 2.56. The van der Waals surface area contributed by atoms with E-state index in [-0.39, 0.29) is 5.57 Å². The number of rotatable bonds is 6. The van der Waals surface area contributed by atoms with Crippen LogP contribution < -0.4 is 10.1 Å². The Hall–Kier alpha value is -2.97. The van der Waals surface area contributed by atoms with Gasteiger partial charge in [0.2, 0.25) is 0 Å². The monoisotopic (exact) mass is 456 g/mol. The van der Waals surface area contributed by atoms with Gasteiger partial charge in [0.05, 0.1) is 15.7 Å². The number of carbonyl (C=O) groups is 1. The lowest BCUT2D eigenvalue weighted by Gasteiger charge is -2.09. The normalized spacial score (nSPS) is 10.9. The maximum absolute atomic E-state index is 12.5. The zero-order chi connectivity index (χ0) is 21.5. The first kappa shape index (κ1) is 21.7. The van der Waals surface area contributed by atoms with Crippen LogP contribution in [0.1, 0.15) is 11.1 Å². The predicted octanol–water partition coefficient (Wildman–Crippen LogP) is 6.77. The summed E-state index contributed by atoms with van der Waals surface area (Å²) in [5.41, 5.74) is 1.80. The van der Waals surface area contributed by atoms with Gasteiger partial charge in [-0.15, -0.1) is 0 Å². The van der Waals surface area contributed by atoms with Gasteiger partial charge in [-0.1, -0.05) is 71.2 Å². The molecule has 30 heavy (non-hydrogen) atoms. The number of nitriles is 1. The average Bonchev–Trinajstić information content (AvgIpc) is 2.74. The van der Waals surface area contributed by atoms with E-state index in [2.05, 4.69) is 5.32 Å². The van der Waals surface area contributed by atoms with Gasteiger partial charge in [-0.25, -0.2) is 0 Å². The first-order chi connectivity index (χ1) is 14.5. The maximum atomic E-state index is 12.5. The van der Waals surface area contributed by atoms with Crippen LogP contribution in [0.5, 0.6) is 5.75 Å². The third-order valence-electron chi connectivity index (χ3n) is 4.05. The first-order valence-corrected chi connectivity index (χ1v) is 9.94. The third kappa shape index (κ3) is 5.77. The van der Waals surface area contributed by atoms with Crippen LogP contribution in [0.3, 0.4) is 0 Å². The van der Waals surface area contributed by atoms with Crippen molar-refractivity contribution in [2.24, 2.45) is 0 Å². The Balaban J connectivity index is 1.73. The Morgan fingerprint density at radius 3 is 2.47 bits per heavy atom. The molecule has 0 spiro atoms. The summed E-state index contributed by atoms with van der Waals surface area (Å²) in [4.78, 5) is 12.5. The van der Waals surface area contributed by atoms with E-state index in [4.69, 9.17) is 39.5 Å². The highest BCUT2D eigenvalue weighted by Crippen LogP contribution is 2.28. The van der Waals surface area contributed by atoms with Gasteiger partial charge >= 0.3 is 0 Å². The van der Waals surface area contributed by atoms with Gasteiger partial charge in [0, 0.05) is 5.02 Å². The second kappa shape index (κ2) is 10.2. The number of halogens is 3. The Bertz CT molecular complexity index is 1140. The molecule has 0 fully saturated rings. The summed E-state index contributed by atoms with van der Waals surface area (Å²) >= 11 is 18.3. The van der Waals surface area contributed by atoms with Crippen LogP contribution >= 0.6 is 34.8 Å². The number of benzene rings is 3. The van der Waals surface area contributed by atoms with Crippen molar-refractivity contribution in [1.29, 1.82) is 5.26 Å². The minimum absolute atomic E-state index is 0.111. The van der Waals surface area contributed by atoms with Gasteiger partial charge in [0.15, 0.2) is 0 Å². The molecule has 1 amide bonds. The molecule has 1 N–H and O–H groups in total. The summed E-state index contributed by atoms with van der Waals surface area (Å²) in [5.74, 6) is -0.103. The smallest absolute Gasteiger partial charge is 0.266 e. The van der Waals surface area contributed by atoms with Crippen molar-refractivity contribution in [2.45, 2.75) is 6.61 Å². The molecule has 7 heteroatoms. The van der Waals surface area contributed by atoms with Gasteiger partial charge in [0.1, 0.15) is 24.0 Å². The molecule has 0 radical (unpaired) electrons. The average molecular weight is 458 g/mol. The summed E-state index contributed by atoms with van der Waals surface area (Å²) in [6.45, 7) is 0.377. The fraction of sp³-hybridized carbons (Fsp3) is 0.0435. The minimum Gasteiger partial charge on any atom is -0.487 e. The lowest BCUT2D eigenvalue weighted by atomic mass is 10.1. The summed E-state index contributed by atoms with van der Waals surface area (Å²) in [6, 6.07) is 21.3. The zero-order valence-corrected chi connectivity index (χ0v) is 17.8. The second-order valence-electron chi connectivity index (χ2n) is 6.21. The molecule has 0 saturated carbocycles. The van der Waals surface area contributed by atoms with Crippen LogP contribution in [0.4, 0.5) is 5.69 Å². The number of nitrogens with one attached hydrogen (secondary N) is 1. The lowest BCUT2D eigenvalue weighted by Crippen LogP contribution is -2.13. The Labute approximate surface area is 189 Å². The Morgan fingerprint density at radius 1 is 1.00 bits per heavy atom. The molecule has 0 atom stereocenters. The van der Waals surface area contributed by atoms with Crippen molar-refractivity contribution in [3.63, 3.8) is 0 Å². The van der Waals surface area contributed by atoms with Gasteiger partial charge in [-0.05, 0) is 47.5 Å². The zero-order valence-electron chi connectivity index (χ0n) is 15.5. The molecule has 0 heterocycles. The van der Waals surface area contributed by atoms with Crippen molar-refractivity contribution in [1.82, 2.24) is 0 Å². The van der Waals surface area contributed by atoms with Crippen molar-refractivity contribution in [2.75, 3.05) is 5.32 Å².